The molecule has 0 atom stereocenters. The zero-order valence-electron chi connectivity index (χ0n) is 7.82. The van der Waals surface area contributed by atoms with Crippen molar-refractivity contribution in [1.82, 2.24) is 4.98 Å². The van der Waals surface area contributed by atoms with Crippen molar-refractivity contribution in [3.05, 3.63) is 40.2 Å². The number of rotatable bonds is 1. The number of terminal acetylenes is 1. The summed E-state index contributed by atoms with van der Waals surface area (Å²) in [6.07, 6.45) is 5.27. The van der Waals surface area contributed by atoms with E-state index in [2.05, 4.69) is 30.0 Å². The van der Waals surface area contributed by atoms with Gasteiger partial charge < -0.3 is 0 Å². The summed E-state index contributed by atoms with van der Waals surface area (Å²) in [5.41, 5.74) is 3.33. The fraction of sp³-hybridized carbons (Fsp3) is 0.0833. The maximum Gasteiger partial charge on any atom is 0.167 e. The first-order valence-electron chi connectivity index (χ1n) is 4.29. The van der Waals surface area contributed by atoms with Crippen molar-refractivity contribution in [1.29, 1.82) is 0 Å². The molecular formula is C12H9NS. The summed E-state index contributed by atoms with van der Waals surface area (Å²) < 4.78 is 0. The molecule has 1 heterocycles. The van der Waals surface area contributed by atoms with Crippen LogP contribution in [-0.4, -0.2) is 4.98 Å². The summed E-state index contributed by atoms with van der Waals surface area (Å²) in [6.45, 7) is 2.07. The zero-order valence-corrected chi connectivity index (χ0v) is 8.64. The highest BCUT2D eigenvalue weighted by molar-refractivity contribution is 7.10. The first-order chi connectivity index (χ1) is 6.79. The number of benzene rings is 1. The second-order valence-corrected chi connectivity index (χ2v) is 3.91. The maximum absolute atomic E-state index is 5.27. The Morgan fingerprint density at radius 2 is 2.29 bits per heavy atom. The lowest BCUT2D eigenvalue weighted by Gasteiger charge is -1.96. The molecule has 0 saturated carbocycles. The van der Waals surface area contributed by atoms with E-state index in [-0.39, 0.29) is 0 Å². The van der Waals surface area contributed by atoms with Crippen LogP contribution in [0.15, 0.2) is 29.6 Å². The third-order valence-electron chi connectivity index (χ3n) is 1.94. The highest BCUT2D eigenvalue weighted by Gasteiger charge is 2.02. The van der Waals surface area contributed by atoms with Crippen LogP contribution in [-0.2, 0) is 0 Å². The van der Waals surface area contributed by atoms with Gasteiger partial charge in [0.1, 0.15) is 0 Å². The molecule has 0 amide bonds. The number of hydrogen-bond acceptors (Lipinski definition) is 2. The Hall–Kier alpha value is -1.59. The van der Waals surface area contributed by atoms with Crippen molar-refractivity contribution in [2.75, 3.05) is 0 Å². The first-order valence-corrected chi connectivity index (χ1v) is 5.17. The number of thiazole rings is 1. The molecule has 1 aromatic carbocycles. The van der Waals surface area contributed by atoms with Crippen LogP contribution in [0.4, 0.5) is 0 Å². The summed E-state index contributed by atoms with van der Waals surface area (Å²) in [5.74, 6) is 2.54. The molecule has 0 fully saturated rings. The Balaban J connectivity index is 2.45. The number of hydrogen-bond donors (Lipinski definition) is 0. The topological polar surface area (TPSA) is 12.9 Å². The third-order valence-corrected chi connectivity index (χ3v) is 2.72. The molecule has 0 unspecified atom stereocenters. The quantitative estimate of drug-likeness (QED) is 0.643. The van der Waals surface area contributed by atoms with Gasteiger partial charge in [0, 0.05) is 10.9 Å². The van der Waals surface area contributed by atoms with Gasteiger partial charge >= 0.3 is 0 Å². The minimum absolute atomic E-state index is 0.738. The molecule has 0 spiro atoms. The molecule has 14 heavy (non-hydrogen) atoms. The SMILES string of the molecule is C#Cc1nc(-c2cccc(C)c2)cs1. The Bertz CT molecular complexity index is 491. The van der Waals surface area contributed by atoms with Crippen molar-refractivity contribution in [3.63, 3.8) is 0 Å². The summed E-state index contributed by atoms with van der Waals surface area (Å²) in [4.78, 5) is 4.32. The maximum atomic E-state index is 5.27. The summed E-state index contributed by atoms with van der Waals surface area (Å²) in [7, 11) is 0. The van der Waals surface area contributed by atoms with E-state index in [0.29, 0.717) is 0 Å². The lowest BCUT2D eigenvalue weighted by Crippen LogP contribution is -1.79. The van der Waals surface area contributed by atoms with Gasteiger partial charge in [0.15, 0.2) is 5.01 Å². The molecule has 2 aromatic rings. The molecule has 0 aliphatic carbocycles. The van der Waals surface area contributed by atoms with Crippen LogP contribution in [0.2, 0.25) is 0 Å². The van der Waals surface area contributed by atoms with Gasteiger partial charge in [0.05, 0.1) is 5.69 Å². The van der Waals surface area contributed by atoms with Crippen molar-refractivity contribution < 1.29 is 0 Å². The van der Waals surface area contributed by atoms with Gasteiger partial charge in [-0.25, -0.2) is 4.98 Å². The fourth-order valence-corrected chi connectivity index (χ4v) is 1.91. The number of aromatic nitrogens is 1. The van der Waals surface area contributed by atoms with Crippen molar-refractivity contribution in [2.24, 2.45) is 0 Å². The van der Waals surface area contributed by atoms with Crippen LogP contribution in [0.25, 0.3) is 11.3 Å². The molecule has 0 aliphatic rings. The Labute approximate surface area is 87.4 Å². The van der Waals surface area contributed by atoms with E-state index < -0.39 is 0 Å². The molecule has 2 rings (SSSR count). The van der Waals surface area contributed by atoms with Crippen LogP contribution < -0.4 is 0 Å². The zero-order chi connectivity index (χ0) is 9.97. The van der Waals surface area contributed by atoms with E-state index in [9.17, 15) is 0 Å². The van der Waals surface area contributed by atoms with Gasteiger partial charge in [-0.15, -0.1) is 17.8 Å². The number of aryl methyl sites for hydroxylation is 1. The second-order valence-electron chi connectivity index (χ2n) is 3.05. The van der Waals surface area contributed by atoms with Crippen LogP contribution >= 0.6 is 11.3 Å². The van der Waals surface area contributed by atoms with Crippen molar-refractivity contribution >= 4 is 11.3 Å². The molecule has 0 saturated heterocycles. The monoisotopic (exact) mass is 199 g/mol. The lowest BCUT2D eigenvalue weighted by molar-refractivity contribution is 1.36. The molecule has 0 radical (unpaired) electrons. The molecular weight excluding hydrogens is 190 g/mol. The van der Waals surface area contributed by atoms with Gasteiger partial charge in [-0.1, -0.05) is 23.8 Å². The Kier molecular flexibility index (Phi) is 2.34. The van der Waals surface area contributed by atoms with Gasteiger partial charge in [-0.05, 0) is 18.9 Å². The average Bonchev–Trinajstić information content (AvgIpc) is 2.66. The molecule has 1 aromatic heterocycles. The molecule has 0 bridgehead atoms. The second kappa shape index (κ2) is 3.65. The highest BCUT2D eigenvalue weighted by Crippen LogP contribution is 2.21. The van der Waals surface area contributed by atoms with Crippen LogP contribution in [0.1, 0.15) is 10.6 Å². The summed E-state index contributed by atoms with van der Waals surface area (Å²) >= 11 is 1.50. The Morgan fingerprint density at radius 1 is 1.43 bits per heavy atom. The van der Waals surface area contributed by atoms with Crippen LogP contribution in [0.5, 0.6) is 0 Å². The summed E-state index contributed by atoms with van der Waals surface area (Å²) in [6, 6.07) is 8.25. The van der Waals surface area contributed by atoms with E-state index in [1.54, 1.807) is 0 Å². The molecule has 68 valence electrons. The fourth-order valence-electron chi connectivity index (χ4n) is 1.28. The van der Waals surface area contributed by atoms with E-state index >= 15 is 0 Å². The van der Waals surface area contributed by atoms with Crippen LogP contribution in [0, 0.1) is 19.3 Å². The van der Waals surface area contributed by atoms with E-state index in [1.807, 2.05) is 17.5 Å². The minimum atomic E-state index is 0.738. The number of nitrogens with zero attached hydrogens (tertiary/aromatic N) is 1. The van der Waals surface area contributed by atoms with Gasteiger partial charge in [0.25, 0.3) is 0 Å². The predicted molar refractivity (Wildman–Crippen MR) is 60.2 cm³/mol. The van der Waals surface area contributed by atoms with Crippen LogP contribution in [0.3, 0.4) is 0 Å². The van der Waals surface area contributed by atoms with E-state index in [1.165, 1.54) is 16.9 Å². The van der Waals surface area contributed by atoms with E-state index in [4.69, 9.17) is 6.42 Å². The third kappa shape index (κ3) is 1.68. The van der Waals surface area contributed by atoms with Crippen molar-refractivity contribution in [3.8, 4) is 23.6 Å². The van der Waals surface area contributed by atoms with E-state index in [0.717, 1.165) is 16.3 Å². The Morgan fingerprint density at radius 3 is 2.93 bits per heavy atom. The van der Waals surface area contributed by atoms with Crippen molar-refractivity contribution in [2.45, 2.75) is 6.92 Å². The standard InChI is InChI=1S/C12H9NS/c1-3-12-13-11(8-14-12)10-6-4-5-9(2)7-10/h1,4-8H,2H3. The minimum Gasteiger partial charge on any atom is -0.228 e. The molecule has 1 nitrogen and oxygen atoms in total. The van der Waals surface area contributed by atoms with Gasteiger partial charge in [0.2, 0.25) is 0 Å². The average molecular weight is 199 g/mol. The van der Waals surface area contributed by atoms with Gasteiger partial charge in [-0.3, -0.25) is 0 Å². The smallest absolute Gasteiger partial charge is 0.167 e. The normalized spacial score (nSPS) is 9.71. The molecule has 0 aliphatic heterocycles. The largest absolute Gasteiger partial charge is 0.228 e. The molecule has 2 heteroatoms. The molecule has 0 N–H and O–H groups in total. The highest BCUT2D eigenvalue weighted by atomic mass is 32.1. The summed E-state index contributed by atoms with van der Waals surface area (Å²) in [5, 5.41) is 2.73. The van der Waals surface area contributed by atoms with Gasteiger partial charge in [-0.2, -0.15) is 0 Å². The predicted octanol–water partition coefficient (Wildman–Crippen LogP) is 3.10. The first kappa shape index (κ1) is 8.98. The lowest BCUT2D eigenvalue weighted by atomic mass is 10.1.